The maximum atomic E-state index is 11.9. The predicted octanol–water partition coefficient (Wildman–Crippen LogP) is 4.52. The summed E-state index contributed by atoms with van der Waals surface area (Å²) in [7, 11) is 0. The second kappa shape index (κ2) is 5.72. The highest BCUT2D eigenvalue weighted by Gasteiger charge is 2.59. The number of carbonyl (C=O) groups excluding carboxylic acids is 1. The van der Waals surface area contributed by atoms with Crippen molar-refractivity contribution >= 4 is 5.78 Å². The Morgan fingerprint density at radius 3 is 2.78 bits per heavy atom. The second-order valence-corrected chi connectivity index (χ2v) is 8.77. The molecule has 1 N–H and O–H groups in total. The SMILES string of the molecule is CC[C@@H]1CC2=CC(=O)CC[C@@H]2[C@H]2CC[C@]3(CC)[C@@H](O)CC[C@H]3[C@H]12. The van der Waals surface area contributed by atoms with E-state index < -0.39 is 0 Å². The van der Waals surface area contributed by atoms with Gasteiger partial charge in [0.15, 0.2) is 5.78 Å². The molecule has 0 radical (unpaired) electrons. The first-order chi connectivity index (χ1) is 11.1. The molecule has 3 fully saturated rings. The third kappa shape index (κ3) is 2.20. The van der Waals surface area contributed by atoms with Crippen LogP contribution in [-0.4, -0.2) is 17.0 Å². The lowest BCUT2D eigenvalue weighted by atomic mass is 9.48. The number of hydrogen-bond donors (Lipinski definition) is 1. The molecule has 0 spiro atoms. The topological polar surface area (TPSA) is 37.3 Å². The van der Waals surface area contributed by atoms with E-state index in [9.17, 15) is 9.90 Å². The Balaban J connectivity index is 1.70. The largest absolute Gasteiger partial charge is 0.393 e. The van der Waals surface area contributed by atoms with Gasteiger partial charge in [-0.1, -0.05) is 25.8 Å². The Kier molecular flexibility index (Phi) is 3.95. The molecular weight excluding hydrogens is 284 g/mol. The summed E-state index contributed by atoms with van der Waals surface area (Å²) in [5.41, 5.74) is 1.69. The van der Waals surface area contributed by atoms with Crippen molar-refractivity contribution in [3.8, 4) is 0 Å². The normalized spacial score (nSPS) is 49.2. The van der Waals surface area contributed by atoms with Crippen LogP contribution in [-0.2, 0) is 4.79 Å². The molecule has 0 aromatic heterocycles. The first-order valence-electron chi connectivity index (χ1n) is 10.0. The molecule has 0 saturated heterocycles. The van der Waals surface area contributed by atoms with Gasteiger partial charge in [-0.05, 0) is 86.0 Å². The third-order valence-electron chi connectivity index (χ3n) is 8.32. The summed E-state index contributed by atoms with van der Waals surface area (Å²) < 4.78 is 0. The van der Waals surface area contributed by atoms with E-state index in [1.807, 2.05) is 6.08 Å². The van der Waals surface area contributed by atoms with Crippen LogP contribution in [0.1, 0.15) is 71.6 Å². The van der Waals surface area contributed by atoms with Crippen molar-refractivity contribution < 1.29 is 9.90 Å². The smallest absolute Gasteiger partial charge is 0.155 e. The van der Waals surface area contributed by atoms with Crippen LogP contribution in [0.25, 0.3) is 0 Å². The number of carbonyl (C=O) groups is 1. The molecule has 2 nitrogen and oxygen atoms in total. The van der Waals surface area contributed by atoms with Crippen LogP contribution >= 0.6 is 0 Å². The van der Waals surface area contributed by atoms with E-state index in [0.29, 0.717) is 11.7 Å². The van der Waals surface area contributed by atoms with Gasteiger partial charge in [-0.3, -0.25) is 4.79 Å². The maximum Gasteiger partial charge on any atom is 0.155 e. The van der Waals surface area contributed by atoms with E-state index in [-0.39, 0.29) is 11.5 Å². The van der Waals surface area contributed by atoms with E-state index in [1.54, 1.807) is 0 Å². The number of allylic oxidation sites excluding steroid dienone is 1. The summed E-state index contributed by atoms with van der Waals surface area (Å²) in [5.74, 6) is 4.07. The minimum atomic E-state index is -0.0687. The highest BCUT2D eigenvalue weighted by atomic mass is 16.3. The number of aliphatic hydroxyl groups is 1. The van der Waals surface area contributed by atoms with Gasteiger partial charge < -0.3 is 5.11 Å². The molecule has 0 amide bonds. The maximum absolute atomic E-state index is 11.9. The van der Waals surface area contributed by atoms with E-state index in [0.717, 1.165) is 55.8 Å². The summed E-state index contributed by atoms with van der Waals surface area (Å²) in [4.78, 5) is 11.9. The van der Waals surface area contributed by atoms with Crippen LogP contribution in [0.2, 0.25) is 0 Å². The molecule has 0 aromatic rings. The lowest BCUT2D eigenvalue weighted by Crippen LogP contribution is -2.51. The van der Waals surface area contributed by atoms with Crippen LogP contribution in [0.15, 0.2) is 11.6 Å². The van der Waals surface area contributed by atoms with Gasteiger partial charge in [-0.2, -0.15) is 0 Å². The van der Waals surface area contributed by atoms with E-state index >= 15 is 0 Å². The van der Waals surface area contributed by atoms with E-state index in [1.165, 1.54) is 31.3 Å². The molecule has 3 saturated carbocycles. The molecule has 0 aromatic carbocycles. The molecule has 2 heteroatoms. The fraction of sp³-hybridized carbons (Fsp3) is 0.857. The van der Waals surface area contributed by atoms with Gasteiger partial charge in [-0.25, -0.2) is 0 Å². The molecule has 23 heavy (non-hydrogen) atoms. The molecule has 128 valence electrons. The Bertz CT molecular complexity index is 522. The van der Waals surface area contributed by atoms with Gasteiger partial charge in [0.1, 0.15) is 0 Å². The number of rotatable bonds is 2. The van der Waals surface area contributed by atoms with E-state index in [2.05, 4.69) is 13.8 Å². The van der Waals surface area contributed by atoms with Gasteiger partial charge in [0, 0.05) is 6.42 Å². The Morgan fingerprint density at radius 2 is 2.04 bits per heavy atom. The molecular formula is C21H32O2. The standard InChI is InChI=1S/C21H32O2/c1-3-13-11-14-12-15(22)5-6-16(14)17-9-10-21(4-2)18(20(13)17)7-8-19(21)23/h12-13,16-20,23H,3-11H2,1-2H3/t13-,16+,17-,18+,19+,20-,21+/m1/s1. The van der Waals surface area contributed by atoms with Crippen molar-refractivity contribution in [2.45, 2.75) is 77.7 Å². The zero-order valence-electron chi connectivity index (χ0n) is 14.8. The number of hydrogen-bond acceptors (Lipinski definition) is 2. The van der Waals surface area contributed by atoms with Crippen LogP contribution < -0.4 is 0 Å². The Hall–Kier alpha value is -0.630. The zero-order valence-corrected chi connectivity index (χ0v) is 14.8. The summed E-state index contributed by atoms with van der Waals surface area (Å²) in [6, 6.07) is 0. The molecule has 4 rings (SSSR count). The lowest BCUT2D eigenvalue weighted by Gasteiger charge is -2.57. The Morgan fingerprint density at radius 1 is 1.22 bits per heavy atom. The fourth-order valence-electron chi connectivity index (χ4n) is 7.26. The van der Waals surface area contributed by atoms with Gasteiger partial charge in [0.25, 0.3) is 0 Å². The third-order valence-corrected chi connectivity index (χ3v) is 8.32. The Labute approximate surface area is 140 Å². The van der Waals surface area contributed by atoms with Crippen LogP contribution in [0.4, 0.5) is 0 Å². The summed E-state index contributed by atoms with van der Waals surface area (Å²) in [6.45, 7) is 4.64. The van der Waals surface area contributed by atoms with Crippen LogP contribution in [0, 0.1) is 35.0 Å². The van der Waals surface area contributed by atoms with Crippen molar-refractivity contribution in [1.82, 2.24) is 0 Å². The predicted molar refractivity (Wildman–Crippen MR) is 91.9 cm³/mol. The average Bonchev–Trinajstić information content (AvgIpc) is 2.90. The number of aliphatic hydroxyl groups excluding tert-OH is 1. The van der Waals surface area contributed by atoms with Gasteiger partial charge in [0.05, 0.1) is 6.10 Å². The monoisotopic (exact) mass is 316 g/mol. The molecule has 0 aliphatic heterocycles. The van der Waals surface area contributed by atoms with Crippen molar-refractivity contribution in [3.05, 3.63) is 11.6 Å². The van der Waals surface area contributed by atoms with Gasteiger partial charge >= 0.3 is 0 Å². The van der Waals surface area contributed by atoms with Crippen molar-refractivity contribution in [3.63, 3.8) is 0 Å². The number of ketones is 1. The van der Waals surface area contributed by atoms with Gasteiger partial charge in [0.2, 0.25) is 0 Å². The summed E-state index contributed by atoms with van der Waals surface area (Å²) in [5, 5.41) is 10.7. The van der Waals surface area contributed by atoms with E-state index in [4.69, 9.17) is 0 Å². The van der Waals surface area contributed by atoms with Crippen molar-refractivity contribution in [1.29, 1.82) is 0 Å². The summed E-state index contributed by atoms with van der Waals surface area (Å²) in [6.07, 6.45) is 12.1. The lowest BCUT2D eigenvalue weighted by molar-refractivity contribution is -0.117. The second-order valence-electron chi connectivity index (χ2n) is 8.77. The zero-order chi connectivity index (χ0) is 16.2. The quantitative estimate of drug-likeness (QED) is 0.813. The highest BCUT2D eigenvalue weighted by Crippen LogP contribution is 2.64. The molecule has 0 unspecified atom stereocenters. The van der Waals surface area contributed by atoms with Gasteiger partial charge in [-0.15, -0.1) is 0 Å². The van der Waals surface area contributed by atoms with Crippen molar-refractivity contribution in [2.24, 2.45) is 35.0 Å². The minimum Gasteiger partial charge on any atom is -0.393 e. The first kappa shape index (κ1) is 15.9. The molecule has 0 bridgehead atoms. The molecule has 4 aliphatic carbocycles. The molecule has 0 heterocycles. The average molecular weight is 316 g/mol. The summed E-state index contributed by atoms with van der Waals surface area (Å²) >= 11 is 0. The fourth-order valence-corrected chi connectivity index (χ4v) is 7.26. The first-order valence-corrected chi connectivity index (χ1v) is 10.0. The van der Waals surface area contributed by atoms with Crippen molar-refractivity contribution in [2.75, 3.05) is 0 Å². The minimum absolute atomic E-state index is 0.0687. The highest BCUT2D eigenvalue weighted by molar-refractivity contribution is 5.91. The molecule has 7 atom stereocenters. The molecule has 4 aliphatic rings. The van der Waals surface area contributed by atoms with Crippen LogP contribution in [0.3, 0.4) is 0 Å². The number of fused-ring (bicyclic) bond motifs is 5. The van der Waals surface area contributed by atoms with Crippen LogP contribution in [0.5, 0.6) is 0 Å².